The van der Waals surface area contributed by atoms with Crippen LogP contribution in [0, 0.1) is 10.8 Å². The maximum absolute atomic E-state index is 12.3. The molecule has 0 aliphatic rings. The maximum Gasteiger partial charge on any atom is 1.00 e. The molecule has 0 aliphatic carbocycles. The molecular weight excluding hydrogens is 591 g/mol. The number of benzene rings is 2. The molecule has 2 aromatic rings. The first-order valence-electron chi connectivity index (χ1n) is 12.2. The molecule has 2 rings (SSSR count). The Bertz CT molecular complexity index is 1260. The van der Waals surface area contributed by atoms with Crippen molar-refractivity contribution in [3.8, 4) is 11.5 Å². The SMILES string of the molecule is CC(C)(C)CC(C)(C)c1c(Oc2cccc(S(=O)(=O)[O-])c2C(C)(C)CC(C)(C)C)cccc1S(=O)(=O)[O-].[K+].[K+]. The van der Waals surface area contributed by atoms with Gasteiger partial charge < -0.3 is 13.8 Å². The summed E-state index contributed by atoms with van der Waals surface area (Å²) < 4.78 is 80.2. The molecular formula is C28H40K2O7S2. The second kappa shape index (κ2) is 14.0. The van der Waals surface area contributed by atoms with E-state index < -0.39 is 31.1 Å². The summed E-state index contributed by atoms with van der Waals surface area (Å²) in [5.74, 6) is 0.249. The van der Waals surface area contributed by atoms with Gasteiger partial charge in [-0.05, 0) is 58.8 Å². The Kier molecular flexibility index (Phi) is 14.4. The van der Waals surface area contributed by atoms with Gasteiger partial charge in [0.25, 0.3) is 0 Å². The van der Waals surface area contributed by atoms with Crippen LogP contribution in [0.5, 0.6) is 11.5 Å². The smallest absolute Gasteiger partial charge is 0.744 e. The Hall–Kier alpha value is 1.33. The summed E-state index contributed by atoms with van der Waals surface area (Å²) >= 11 is 0. The maximum atomic E-state index is 12.3. The summed E-state index contributed by atoms with van der Waals surface area (Å²) in [7, 11) is -9.71. The van der Waals surface area contributed by atoms with Gasteiger partial charge in [-0.2, -0.15) is 0 Å². The van der Waals surface area contributed by atoms with Gasteiger partial charge in [-0.1, -0.05) is 81.4 Å². The Morgan fingerprint density at radius 3 is 1.10 bits per heavy atom. The van der Waals surface area contributed by atoms with E-state index in [0.29, 0.717) is 12.8 Å². The minimum atomic E-state index is -4.86. The average Bonchev–Trinajstić information content (AvgIpc) is 2.62. The second-order valence-corrected chi connectivity index (χ2v) is 16.2. The molecule has 0 N–H and O–H groups in total. The van der Waals surface area contributed by atoms with Crippen LogP contribution in [0.3, 0.4) is 0 Å². The second-order valence-electron chi connectivity index (χ2n) is 13.5. The molecule has 0 atom stereocenters. The molecule has 11 heteroatoms. The van der Waals surface area contributed by atoms with Crippen LogP contribution in [-0.2, 0) is 31.1 Å². The van der Waals surface area contributed by atoms with Gasteiger partial charge in [0.2, 0.25) is 0 Å². The minimum Gasteiger partial charge on any atom is -0.744 e. The van der Waals surface area contributed by atoms with Crippen LogP contribution < -0.4 is 108 Å². The molecule has 0 unspecified atom stereocenters. The van der Waals surface area contributed by atoms with Gasteiger partial charge in [0.15, 0.2) is 0 Å². The van der Waals surface area contributed by atoms with Crippen LogP contribution in [0.2, 0.25) is 0 Å². The predicted octanol–water partition coefficient (Wildman–Crippen LogP) is 0.723. The molecule has 0 saturated carbocycles. The summed E-state index contributed by atoms with van der Waals surface area (Å²) in [4.78, 5) is -0.773. The van der Waals surface area contributed by atoms with Crippen molar-refractivity contribution in [1.29, 1.82) is 0 Å². The van der Waals surface area contributed by atoms with Crippen LogP contribution in [0.15, 0.2) is 46.2 Å². The molecule has 2 aromatic carbocycles. The summed E-state index contributed by atoms with van der Waals surface area (Å²) in [5, 5.41) is 0. The van der Waals surface area contributed by atoms with E-state index in [1.807, 2.05) is 69.2 Å². The molecule has 0 fully saturated rings. The average molecular weight is 631 g/mol. The van der Waals surface area contributed by atoms with Gasteiger partial charge in [0, 0.05) is 11.1 Å². The molecule has 0 saturated heterocycles. The molecule has 0 aliphatic heterocycles. The Morgan fingerprint density at radius 1 is 0.590 bits per heavy atom. The third-order valence-electron chi connectivity index (χ3n) is 6.03. The third kappa shape index (κ3) is 11.4. The Balaban J connectivity index is 0.00000722. The van der Waals surface area contributed by atoms with Crippen molar-refractivity contribution in [1.82, 2.24) is 0 Å². The van der Waals surface area contributed by atoms with Crippen molar-refractivity contribution in [3.63, 3.8) is 0 Å². The summed E-state index contributed by atoms with van der Waals surface area (Å²) in [6.07, 6.45) is 1.06. The van der Waals surface area contributed by atoms with Crippen molar-refractivity contribution < 1.29 is 133 Å². The molecule has 208 valence electrons. The molecule has 0 bridgehead atoms. The molecule has 7 nitrogen and oxygen atoms in total. The quantitative estimate of drug-likeness (QED) is 0.311. The van der Waals surface area contributed by atoms with E-state index in [0.717, 1.165) is 0 Å². The first kappa shape index (κ1) is 40.3. The summed E-state index contributed by atoms with van der Waals surface area (Å²) in [6.45, 7) is 19.5. The van der Waals surface area contributed by atoms with Crippen LogP contribution in [0.25, 0.3) is 0 Å². The molecule has 0 radical (unpaired) electrons. The van der Waals surface area contributed by atoms with Gasteiger partial charge >= 0.3 is 103 Å². The Labute approximate surface area is 321 Å². The van der Waals surface area contributed by atoms with Gasteiger partial charge in [-0.15, -0.1) is 0 Å². The van der Waals surface area contributed by atoms with Gasteiger partial charge in [0.1, 0.15) is 31.7 Å². The fourth-order valence-corrected chi connectivity index (χ4v) is 7.63. The van der Waals surface area contributed by atoms with E-state index in [-0.39, 0.29) is 146 Å². The number of hydrogen-bond donors (Lipinski definition) is 0. The molecule has 0 spiro atoms. The zero-order valence-corrected chi connectivity index (χ0v) is 33.4. The van der Waals surface area contributed by atoms with E-state index in [9.17, 15) is 25.9 Å². The van der Waals surface area contributed by atoms with Crippen molar-refractivity contribution in [2.24, 2.45) is 10.8 Å². The number of rotatable bonds is 8. The standard InChI is InChI=1S/C28H42O7S2.2K/c1-25(2,3)17-27(7,8)23-19(13-11-15-21(23)36(29,30)31)35-20-14-12-16-22(37(32,33)34)24(20)28(9,10)18-26(4,5)6;;/h11-16H,17-18H2,1-10H3,(H,29,30,31)(H,32,33,34);;/q;2*+1/p-2. The van der Waals surface area contributed by atoms with Crippen LogP contribution >= 0.6 is 0 Å². The van der Waals surface area contributed by atoms with Crippen molar-refractivity contribution in [2.75, 3.05) is 0 Å². The zero-order chi connectivity index (χ0) is 28.8. The van der Waals surface area contributed by atoms with E-state index >= 15 is 0 Å². The van der Waals surface area contributed by atoms with Crippen LogP contribution in [0.4, 0.5) is 0 Å². The zero-order valence-electron chi connectivity index (χ0n) is 25.6. The number of ether oxygens (including phenoxy) is 1. The van der Waals surface area contributed by atoms with E-state index in [1.54, 1.807) is 12.1 Å². The largest absolute Gasteiger partial charge is 1.00 e. The Morgan fingerprint density at radius 2 is 0.872 bits per heavy atom. The number of hydrogen-bond acceptors (Lipinski definition) is 7. The minimum absolute atomic E-state index is 0. The summed E-state index contributed by atoms with van der Waals surface area (Å²) in [5.41, 5.74) is -1.59. The van der Waals surface area contributed by atoms with Crippen LogP contribution in [-0.4, -0.2) is 25.9 Å². The van der Waals surface area contributed by atoms with Crippen molar-refractivity contribution >= 4 is 20.2 Å². The van der Waals surface area contributed by atoms with Crippen LogP contribution in [0.1, 0.15) is 93.2 Å². The van der Waals surface area contributed by atoms with Gasteiger partial charge in [0.05, 0.1) is 9.79 Å². The van der Waals surface area contributed by atoms with Crippen molar-refractivity contribution in [3.05, 3.63) is 47.5 Å². The molecule has 0 amide bonds. The fourth-order valence-electron chi connectivity index (χ4n) is 5.89. The molecule has 0 aromatic heterocycles. The van der Waals surface area contributed by atoms with E-state index in [1.165, 1.54) is 24.3 Å². The molecule has 0 heterocycles. The predicted molar refractivity (Wildman–Crippen MR) is 143 cm³/mol. The first-order valence-corrected chi connectivity index (χ1v) is 15.0. The normalized spacial score (nSPS) is 13.3. The first-order chi connectivity index (χ1) is 16.4. The third-order valence-corrected chi connectivity index (χ3v) is 7.79. The monoisotopic (exact) mass is 630 g/mol. The van der Waals surface area contributed by atoms with Crippen molar-refractivity contribution in [2.45, 2.75) is 103 Å². The van der Waals surface area contributed by atoms with Gasteiger partial charge in [-0.25, -0.2) is 16.8 Å². The van der Waals surface area contributed by atoms with E-state index in [4.69, 9.17) is 4.74 Å². The van der Waals surface area contributed by atoms with E-state index in [2.05, 4.69) is 0 Å². The summed E-state index contributed by atoms with van der Waals surface area (Å²) in [6, 6.07) is 8.49. The topological polar surface area (TPSA) is 124 Å². The van der Waals surface area contributed by atoms with Gasteiger partial charge in [-0.3, -0.25) is 0 Å². The fraction of sp³-hybridized carbons (Fsp3) is 0.571. The molecule has 39 heavy (non-hydrogen) atoms.